The number of rotatable bonds is 2. The average Bonchev–Trinajstić information content (AvgIpc) is 2.75. The summed E-state index contributed by atoms with van der Waals surface area (Å²) in [4.78, 5) is 27.1. The van der Waals surface area contributed by atoms with Crippen molar-refractivity contribution in [1.29, 1.82) is 0 Å². The highest BCUT2D eigenvalue weighted by atomic mass is 16.4. The quantitative estimate of drug-likeness (QED) is 0.752. The van der Waals surface area contributed by atoms with Gasteiger partial charge in [-0.1, -0.05) is 0 Å². The Labute approximate surface area is 101 Å². The number of hydrogen-bond donors (Lipinski definition) is 1. The van der Waals surface area contributed by atoms with Crippen LogP contribution in [0.5, 0.6) is 0 Å². The van der Waals surface area contributed by atoms with Crippen LogP contribution in [0.3, 0.4) is 0 Å². The molecule has 2 rings (SSSR count). The first-order valence-electron chi connectivity index (χ1n) is 6.28. The predicted molar refractivity (Wildman–Crippen MR) is 62.5 cm³/mol. The maximum absolute atomic E-state index is 12.2. The van der Waals surface area contributed by atoms with E-state index in [-0.39, 0.29) is 17.7 Å². The van der Waals surface area contributed by atoms with Crippen molar-refractivity contribution in [1.82, 2.24) is 9.80 Å². The van der Waals surface area contributed by atoms with Crippen molar-refractivity contribution in [3.8, 4) is 0 Å². The van der Waals surface area contributed by atoms with Gasteiger partial charge in [0.25, 0.3) is 0 Å². The van der Waals surface area contributed by atoms with Gasteiger partial charge in [0.15, 0.2) is 0 Å². The first-order valence-corrected chi connectivity index (χ1v) is 6.28. The van der Waals surface area contributed by atoms with Gasteiger partial charge < -0.3 is 14.9 Å². The van der Waals surface area contributed by atoms with Crippen LogP contribution in [0.4, 0.5) is 0 Å². The fourth-order valence-electron chi connectivity index (χ4n) is 2.77. The van der Waals surface area contributed by atoms with Crippen LogP contribution in [0, 0.1) is 11.8 Å². The predicted octanol–water partition coefficient (Wildman–Crippen LogP) is 0.261. The minimum atomic E-state index is -0.772. The molecule has 2 aliphatic rings. The van der Waals surface area contributed by atoms with Crippen molar-refractivity contribution in [2.45, 2.75) is 19.3 Å². The SMILES string of the molecule is CN1CCC(C(=O)N2CCC[C@@H](C(=O)O)C2)C1. The average molecular weight is 240 g/mol. The van der Waals surface area contributed by atoms with Crippen molar-refractivity contribution in [3.05, 3.63) is 0 Å². The summed E-state index contributed by atoms with van der Waals surface area (Å²) in [6.07, 6.45) is 2.42. The van der Waals surface area contributed by atoms with E-state index < -0.39 is 5.97 Å². The largest absolute Gasteiger partial charge is 0.481 e. The molecule has 5 heteroatoms. The molecule has 1 unspecified atom stereocenters. The fraction of sp³-hybridized carbons (Fsp3) is 0.833. The Kier molecular flexibility index (Phi) is 3.66. The highest BCUT2D eigenvalue weighted by Gasteiger charge is 2.34. The smallest absolute Gasteiger partial charge is 0.308 e. The molecule has 0 bridgehead atoms. The van der Waals surface area contributed by atoms with E-state index >= 15 is 0 Å². The number of carboxylic acids is 1. The summed E-state index contributed by atoms with van der Waals surface area (Å²) < 4.78 is 0. The molecule has 0 aromatic rings. The van der Waals surface area contributed by atoms with Crippen LogP contribution < -0.4 is 0 Å². The highest BCUT2D eigenvalue weighted by molar-refractivity contribution is 5.80. The first-order chi connectivity index (χ1) is 8.08. The molecule has 0 aliphatic carbocycles. The molecular weight excluding hydrogens is 220 g/mol. The van der Waals surface area contributed by atoms with Crippen LogP contribution in [0.1, 0.15) is 19.3 Å². The van der Waals surface area contributed by atoms with Crippen molar-refractivity contribution >= 4 is 11.9 Å². The maximum atomic E-state index is 12.2. The summed E-state index contributed by atoms with van der Waals surface area (Å²) in [6.45, 7) is 2.90. The number of carboxylic acid groups (broad SMARTS) is 1. The van der Waals surface area contributed by atoms with Gasteiger partial charge in [0.05, 0.1) is 11.8 Å². The summed E-state index contributed by atoms with van der Waals surface area (Å²) in [5.74, 6) is -0.911. The third-order valence-corrected chi connectivity index (χ3v) is 3.82. The van der Waals surface area contributed by atoms with Gasteiger partial charge in [-0.15, -0.1) is 0 Å². The fourth-order valence-corrected chi connectivity index (χ4v) is 2.77. The number of piperidine rings is 1. The molecule has 17 heavy (non-hydrogen) atoms. The third-order valence-electron chi connectivity index (χ3n) is 3.82. The number of carbonyl (C=O) groups is 2. The Balaban J connectivity index is 1.93. The molecular formula is C12H20N2O3. The van der Waals surface area contributed by atoms with E-state index in [0.717, 1.165) is 32.5 Å². The second kappa shape index (κ2) is 5.04. The summed E-state index contributed by atoms with van der Waals surface area (Å²) >= 11 is 0. The molecule has 0 radical (unpaired) electrons. The normalized spacial score (nSPS) is 30.5. The van der Waals surface area contributed by atoms with Crippen LogP contribution in [-0.4, -0.2) is 60.0 Å². The van der Waals surface area contributed by atoms with E-state index in [4.69, 9.17) is 5.11 Å². The van der Waals surface area contributed by atoms with E-state index in [9.17, 15) is 9.59 Å². The zero-order valence-corrected chi connectivity index (χ0v) is 10.3. The van der Waals surface area contributed by atoms with Gasteiger partial charge in [0.2, 0.25) is 5.91 Å². The number of nitrogens with zero attached hydrogens (tertiary/aromatic N) is 2. The summed E-state index contributed by atoms with van der Waals surface area (Å²) in [5, 5.41) is 9.00. The summed E-state index contributed by atoms with van der Waals surface area (Å²) in [6, 6.07) is 0. The Morgan fingerprint density at radius 2 is 1.88 bits per heavy atom. The third kappa shape index (κ3) is 2.77. The van der Waals surface area contributed by atoms with E-state index in [2.05, 4.69) is 4.90 Å². The lowest BCUT2D eigenvalue weighted by atomic mass is 9.96. The van der Waals surface area contributed by atoms with Crippen molar-refractivity contribution in [2.24, 2.45) is 11.8 Å². The minimum absolute atomic E-state index is 0.0764. The van der Waals surface area contributed by atoms with Crippen LogP contribution in [0.2, 0.25) is 0 Å². The number of carbonyl (C=O) groups excluding carboxylic acids is 1. The Morgan fingerprint density at radius 1 is 1.12 bits per heavy atom. The number of aliphatic carboxylic acids is 1. The summed E-state index contributed by atoms with van der Waals surface area (Å²) in [5.41, 5.74) is 0. The lowest BCUT2D eigenvalue weighted by molar-refractivity contribution is -0.146. The number of likely N-dealkylation sites (tertiary alicyclic amines) is 2. The lowest BCUT2D eigenvalue weighted by Crippen LogP contribution is -2.45. The van der Waals surface area contributed by atoms with Gasteiger partial charge >= 0.3 is 5.97 Å². The number of hydrogen-bond acceptors (Lipinski definition) is 3. The molecule has 5 nitrogen and oxygen atoms in total. The molecule has 0 saturated carbocycles. The Bertz CT molecular complexity index is 319. The van der Waals surface area contributed by atoms with Gasteiger partial charge in [-0.3, -0.25) is 9.59 Å². The number of amides is 1. The van der Waals surface area contributed by atoms with Crippen LogP contribution in [0.25, 0.3) is 0 Å². The zero-order valence-electron chi connectivity index (χ0n) is 10.3. The molecule has 2 saturated heterocycles. The maximum Gasteiger partial charge on any atom is 0.308 e. The molecule has 2 fully saturated rings. The molecule has 1 amide bonds. The molecule has 2 aliphatic heterocycles. The molecule has 96 valence electrons. The van der Waals surface area contributed by atoms with E-state index in [1.165, 1.54) is 0 Å². The molecule has 2 heterocycles. The van der Waals surface area contributed by atoms with Crippen LogP contribution in [-0.2, 0) is 9.59 Å². The van der Waals surface area contributed by atoms with E-state index in [1.807, 2.05) is 7.05 Å². The second-order valence-electron chi connectivity index (χ2n) is 5.21. The van der Waals surface area contributed by atoms with Crippen LogP contribution in [0.15, 0.2) is 0 Å². The lowest BCUT2D eigenvalue weighted by Gasteiger charge is -2.32. The van der Waals surface area contributed by atoms with Gasteiger partial charge in [0.1, 0.15) is 0 Å². The van der Waals surface area contributed by atoms with Crippen LogP contribution >= 0.6 is 0 Å². The standard InChI is InChI=1S/C12H20N2O3/c1-13-6-4-9(7-13)11(15)14-5-2-3-10(8-14)12(16)17/h9-10H,2-8H2,1H3,(H,16,17)/t9?,10-/m1/s1. The van der Waals surface area contributed by atoms with E-state index in [1.54, 1.807) is 4.90 Å². The molecule has 0 aromatic carbocycles. The van der Waals surface area contributed by atoms with Crippen molar-refractivity contribution < 1.29 is 14.7 Å². The van der Waals surface area contributed by atoms with Gasteiger partial charge in [-0.25, -0.2) is 0 Å². The zero-order chi connectivity index (χ0) is 12.4. The molecule has 2 atom stereocenters. The van der Waals surface area contributed by atoms with Crippen molar-refractivity contribution in [3.63, 3.8) is 0 Å². The van der Waals surface area contributed by atoms with E-state index in [0.29, 0.717) is 13.0 Å². The highest BCUT2D eigenvalue weighted by Crippen LogP contribution is 2.22. The summed E-state index contributed by atoms with van der Waals surface area (Å²) in [7, 11) is 2.02. The molecule has 0 aromatic heterocycles. The topological polar surface area (TPSA) is 60.9 Å². The monoisotopic (exact) mass is 240 g/mol. The van der Waals surface area contributed by atoms with Gasteiger partial charge in [0, 0.05) is 19.6 Å². The Hall–Kier alpha value is -1.10. The second-order valence-corrected chi connectivity index (χ2v) is 5.21. The minimum Gasteiger partial charge on any atom is -0.481 e. The molecule has 1 N–H and O–H groups in total. The van der Waals surface area contributed by atoms with Gasteiger partial charge in [-0.2, -0.15) is 0 Å². The Morgan fingerprint density at radius 3 is 2.47 bits per heavy atom. The molecule has 0 spiro atoms. The first kappa shape index (κ1) is 12.4. The van der Waals surface area contributed by atoms with Gasteiger partial charge in [-0.05, 0) is 32.9 Å². The van der Waals surface area contributed by atoms with Crippen molar-refractivity contribution in [2.75, 3.05) is 33.2 Å².